The summed E-state index contributed by atoms with van der Waals surface area (Å²) in [6, 6.07) is 7.23. The normalized spacial score (nSPS) is 15.2. The molecular formula is C19H31F3N2OS. The van der Waals surface area contributed by atoms with Crippen LogP contribution in [0.3, 0.4) is 0 Å². The highest BCUT2D eigenvalue weighted by Crippen LogP contribution is 2.31. The smallest absolute Gasteiger partial charge is 0.456 e. The lowest BCUT2D eigenvalue weighted by Gasteiger charge is -2.31. The highest BCUT2D eigenvalue weighted by molar-refractivity contribution is 7.98. The first-order chi connectivity index (χ1) is 11.9. The zero-order valence-corrected chi connectivity index (χ0v) is 17.0. The fourth-order valence-corrected chi connectivity index (χ4v) is 3.25. The average molecular weight is 393 g/mol. The zero-order valence-electron chi connectivity index (χ0n) is 16.2. The third kappa shape index (κ3) is 8.64. The van der Waals surface area contributed by atoms with E-state index in [0.717, 1.165) is 12.0 Å². The Hall–Kier alpha value is -0.920. The summed E-state index contributed by atoms with van der Waals surface area (Å²) in [4.78, 5) is 0. The molecule has 1 aromatic rings. The lowest BCUT2D eigenvalue weighted by molar-refractivity contribution is -0.0341. The first kappa shape index (κ1) is 23.1. The van der Waals surface area contributed by atoms with Crippen LogP contribution in [-0.2, 0) is 0 Å². The van der Waals surface area contributed by atoms with Crippen LogP contribution in [0, 0.1) is 11.3 Å². The summed E-state index contributed by atoms with van der Waals surface area (Å²) in [5.74, 6) is 1.50. The Bertz CT molecular complexity index is 527. The summed E-state index contributed by atoms with van der Waals surface area (Å²) in [7, 11) is 0. The van der Waals surface area contributed by atoms with Crippen molar-refractivity contribution in [1.29, 1.82) is 0 Å². The number of hydrogen-bond acceptors (Lipinski definition) is 4. The van der Waals surface area contributed by atoms with Crippen molar-refractivity contribution >= 4 is 11.9 Å². The van der Waals surface area contributed by atoms with Gasteiger partial charge in [-0.3, -0.25) is 0 Å². The van der Waals surface area contributed by atoms with Crippen molar-refractivity contribution in [3.05, 3.63) is 29.8 Å². The molecular weight excluding hydrogens is 361 g/mol. The van der Waals surface area contributed by atoms with Crippen molar-refractivity contribution in [3.8, 4) is 5.75 Å². The van der Waals surface area contributed by atoms with E-state index in [1.54, 1.807) is 0 Å². The molecule has 26 heavy (non-hydrogen) atoms. The Kier molecular flexibility index (Phi) is 8.76. The molecule has 0 aliphatic rings. The fourth-order valence-electron chi connectivity index (χ4n) is 2.55. The second-order valence-corrected chi connectivity index (χ2v) is 8.93. The monoisotopic (exact) mass is 392 g/mol. The van der Waals surface area contributed by atoms with Gasteiger partial charge in [0.1, 0.15) is 12.4 Å². The van der Waals surface area contributed by atoms with Crippen LogP contribution in [0.1, 0.15) is 52.5 Å². The third-order valence-corrected chi connectivity index (χ3v) is 4.80. The molecule has 2 atom stereocenters. The SMILES string of the molecule is CC(C)CC(CN)c1ccc(OCC(NSC(F)(F)F)C(C)(C)C)cc1. The number of alkyl halides is 3. The maximum atomic E-state index is 12.5. The second-order valence-electron chi connectivity index (χ2n) is 8.03. The molecule has 0 saturated heterocycles. The fraction of sp³-hybridized carbons (Fsp3) is 0.684. The van der Waals surface area contributed by atoms with E-state index in [2.05, 4.69) is 18.6 Å². The van der Waals surface area contributed by atoms with Crippen LogP contribution < -0.4 is 15.2 Å². The molecule has 0 bridgehead atoms. The van der Waals surface area contributed by atoms with Crippen molar-refractivity contribution in [3.63, 3.8) is 0 Å². The number of rotatable bonds is 9. The van der Waals surface area contributed by atoms with Crippen molar-refractivity contribution < 1.29 is 17.9 Å². The molecule has 0 saturated carbocycles. The Morgan fingerprint density at radius 1 is 1.12 bits per heavy atom. The molecule has 3 nitrogen and oxygen atoms in total. The Morgan fingerprint density at radius 2 is 1.69 bits per heavy atom. The van der Waals surface area contributed by atoms with E-state index in [1.165, 1.54) is 0 Å². The van der Waals surface area contributed by atoms with E-state index in [9.17, 15) is 13.2 Å². The largest absolute Gasteiger partial charge is 0.492 e. The maximum Gasteiger partial charge on any atom is 0.456 e. The number of ether oxygens (including phenoxy) is 1. The topological polar surface area (TPSA) is 47.3 Å². The molecule has 0 aromatic heterocycles. The molecule has 0 radical (unpaired) electrons. The van der Waals surface area contributed by atoms with Crippen LogP contribution in [-0.4, -0.2) is 24.7 Å². The lowest BCUT2D eigenvalue weighted by atomic mass is 9.88. The van der Waals surface area contributed by atoms with Crippen molar-refractivity contribution in [1.82, 2.24) is 4.72 Å². The number of benzene rings is 1. The first-order valence-corrected chi connectivity index (χ1v) is 9.67. The summed E-state index contributed by atoms with van der Waals surface area (Å²) < 4.78 is 45.6. The minimum absolute atomic E-state index is 0.151. The van der Waals surface area contributed by atoms with Gasteiger partial charge in [0.05, 0.1) is 6.04 Å². The minimum Gasteiger partial charge on any atom is -0.492 e. The quantitative estimate of drug-likeness (QED) is 0.558. The zero-order chi connectivity index (χ0) is 20.0. The standard InChI is InChI=1S/C19H31F3N2OS/c1-13(2)10-15(11-23)14-6-8-16(9-7-14)25-12-17(18(3,4)5)24-26-19(20,21)22/h6-9,13,15,17,24H,10-12,23H2,1-5H3. The van der Waals surface area contributed by atoms with Gasteiger partial charge in [0.15, 0.2) is 0 Å². The summed E-state index contributed by atoms with van der Waals surface area (Å²) in [6.07, 6.45) is 1.02. The van der Waals surface area contributed by atoms with Gasteiger partial charge in [0.25, 0.3) is 0 Å². The molecule has 150 valence electrons. The summed E-state index contributed by atoms with van der Waals surface area (Å²) in [5, 5.41) is 0. The number of halogens is 3. The van der Waals surface area contributed by atoms with E-state index >= 15 is 0 Å². The molecule has 1 rings (SSSR count). The van der Waals surface area contributed by atoms with Gasteiger partial charge in [-0.2, -0.15) is 13.2 Å². The van der Waals surface area contributed by atoms with Crippen molar-refractivity contribution in [2.45, 2.75) is 58.5 Å². The maximum absolute atomic E-state index is 12.5. The molecule has 7 heteroatoms. The van der Waals surface area contributed by atoms with Gasteiger partial charge in [-0.25, -0.2) is 4.72 Å². The number of nitrogens with two attached hydrogens (primary N) is 1. The van der Waals surface area contributed by atoms with Gasteiger partial charge >= 0.3 is 5.51 Å². The first-order valence-electron chi connectivity index (χ1n) is 8.85. The average Bonchev–Trinajstić information content (AvgIpc) is 2.50. The van der Waals surface area contributed by atoms with Crippen molar-refractivity contribution in [2.75, 3.05) is 13.2 Å². The number of nitrogens with one attached hydrogen (secondary N) is 1. The highest BCUT2D eigenvalue weighted by Gasteiger charge is 2.33. The lowest BCUT2D eigenvalue weighted by Crippen LogP contribution is -2.42. The third-order valence-electron chi connectivity index (χ3n) is 4.17. The molecule has 3 N–H and O–H groups in total. The predicted molar refractivity (Wildman–Crippen MR) is 103 cm³/mol. The van der Waals surface area contributed by atoms with Crippen LogP contribution in [0.25, 0.3) is 0 Å². The van der Waals surface area contributed by atoms with Crippen LogP contribution in [0.5, 0.6) is 5.75 Å². The predicted octanol–water partition coefficient (Wildman–Crippen LogP) is 5.33. The summed E-state index contributed by atoms with van der Waals surface area (Å²) in [6.45, 7) is 10.7. The van der Waals surface area contributed by atoms with Crippen molar-refractivity contribution in [2.24, 2.45) is 17.1 Å². The van der Waals surface area contributed by atoms with E-state index in [1.807, 2.05) is 45.0 Å². The van der Waals surface area contributed by atoms with Crippen LogP contribution >= 0.6 is 11.9 Å². The molecule has 0 fully saturated rings. The molecule has 0 aliphatic heterocycles. The molecule has 0 aliphatic carbocycles. The number of hydrogen-bond donors (Lipinski definition) is 2. The Balaban J connectivity index is 2.69. The van der Waals surface area contributed by atoms with E-state index in [4.69, 9.17) is 10.5 Å². The molecule has 0 spiro atoms. The van der Waals surface area contributed by atoms with Gasteiger partial charge < -0.3 is 10.5 Å². The van der Waals surface area contributed by atoms with Gasteiger partial charge in [-0.05, 0) is 47.9 Å². The Labute approximate surface area is 159 Å². The Morgan fingerprint density at radius 3 is 2.12 bits per heavy atom. The van der Waals surface area contributed by atoms with E-state index in [-0.39, 0.29) is 24.0 Å². The van der Waals surface area contributed by atoms with Gasteiger partial charge in [-0.1, -0.05) is 46.8 Å². The van der Waals surface area contributed by atoms with Gasteiger partial charge in [-0.15, -0.1) is 0 Å². The van der Waals surface area contributed by atoms with E-state index < -0.39 is 11.6 Å². The summed E-state index contributed by atoms with van der Waals surface area (Å²) >= 11 is -0.225. The highest BCUT2D eigenvalue weighted by atomic mass is 32.2. The minimum atomic E-state index is -4.32. The van der Waals surface area contributed by atoms with E-state index in [0.29, 0.717) is 24.1 Å². The van der Waals surface area contributed by atoms with Crippen LogP contribution in [0.15, 0.2) is 24.3 Å². The van der Waals surface area contributed by atoms with Gasteiger partial charge in [0, 0.05) is 11.9 Å². The van der Waals surface area contributed by atoms with Crippen LogP contribution in [0.4, 0.5) is 13.2 Å². The molecule has 0 heterocycles. The molecule has 1 aromatic carbocycles. The van der Waals surface area contributed by atoms with Gasteiger partial charge in [0.2, 0.25) is 0 Å². The molecule has 2 unspecified atom stereocenters. The summed E-state index contributed by atoms with van der Waals surface area (Å²) in [5.41, 5.74) is 2.34. The molecule has 0 amide bonds. The van der Waals surface area contributed by atoms with Crippen LogP contribution in [0.2, 0.25) is 0 Å². The second kappa shape index (κ2) is 9.85.